The Bertz CT molecular complexity index is 1040. The van der Waals surface area contributed by atoms with Gasteiger partial charge in [-0.1, -0.05) is 29.8 Å². The molecule has 2 amide bonds. The number of nitrogens with one attached hydrogen (secondary N) is 1. The Morgan fingerprint density at radius 1 is 1.11 bits per heavy atom. The Morgan fingerprint density at radius 2 is 1.81 bits per heavy atom. The Morgan fingerprint density at radius 3 is 2.56 bits per heavy atom. The smallest absolute Gasteiger partial charge is 0.244 e. The van der Waals surface area contributed by atoms with Gasteiger partial charge in [0.25, 0.3) is 0 Å². The zero-order valence-corrected chi connectivity index (χ0v) is 15.2. The first-order chi connectivity index (χ1) is 12.9. The van der Waals surface area contributed by atoms with Gasteiger partial charge in [-0.15, -0.1) is 0 Å². The average molecular weight is 364 g/mol. The summed E-state index contributed by atoms with van der Waals surface area (Å²) in [6.45, 7) is 1.83. The number of para-hydroxylation sites is 1. The van der Waals surface area contributed by atoms with Crippen molar-refractivity contribution in [2.45, 2.75) is 13.5 Å². The Balaban J connectivity index is 1.66. The normalized spacial score (nSPS) is 10.6. The van der Waals surface area contributed by atoms with E-state index in [0.717, 1.165) is 5.56 Å². The molecule has 1 heterocycles. The number of benzene rings is 2. The zero-order valence-electron chi connectivity index (χ0n) is 15.2. The van der Waals surface area contributed by atoms with Crippen molar-refractivity contribution in [3.63, 3.8) is 0 Å². The highest BCUT2D eigenvalue weighted by Crippen LogP contribution is 2.09. The number of hydrogen-bond donors (Lipinski definition) is 1. The van der Waals surface area contributed by atoms with Crippen LogP contribution in [0.5, 0.6) is 0 Å². The highest BCUT2D eigenvalue weighted by Gasteiger charge is 2.15. The van der Waals surface area contributed by atoms with Crippen molar-refractivity contribution in [2.75, 3.05) is 18.9 Å². The van der Waals surface area contributed by atoms with Gasteiger partial charge in [0.1, 0.15) is 6.54 Å². The summed E-state index contributed by atoms with van der Waals surface area (Å²) < 4.78 is 1.47. The molecular formula is C20H20N4O3. The standard InChI is InChI=1S/C20H20N4O3/c1-14-7-9-15(10-8-14)22-19(26)12-23(2)20(27)13-24-17-6-4-3-5-16(17)18(25)11-21-24/h3-11H,12-13H2,1-2H3,(H,22,26). The Hall–Kier alpha value is -3.48. The summed E-state index contributed by atoms with van der Waals surface area (Å²) in [7, 11) is 1.56. The molecule has 1 N–H and O–H groups in total. The van der Waals surface area contributed by atoms with Crippen molar-refractivity contribution in [1.82, 2.24) is 14.7 Å². The largest absolute Gasteiger partial charge is 0.335 e. The number of rotatable bonds is 5. The SMILES string of the molecule is Cc1ccc(NC(=O)CN(C)C(=O)Cn2ncc(=O)c3ccccc32)cc1. The maximum absolute atomic E-state index is 12.5. The van der Waals surface area contributed by atoms with Crippen LogP contribution in [0.4, 0.5) is 5.69 Å². The molecule has 0 aliphatic heterocycles. The molecule has 0 saturated heterocycles. The molecule has 138 valence electrons. The van der Waals surface area contributed by atoms with Crippen LogP contribution >= 0.6 is 0 Å². The van der Waals surface area contributed by atoms with Crippen LogP contribution in [0, 0.1) is 6.92 Å². The molecule has 27 heavy (non-hydrogen) atoms. The molecule has 7 heteroatoms. The van der Waals surface area contributed by atoms with Crippen LogP contribution < -0.4 is 10.7 Å². The van der Waals surface area contributed by atoms with Crippen molar-refractivity contribution in [1.29, 1.82) is 0 Å². The molecule has 0 unspecified atom stereocenters. The number of carbonyl (C=O) groups is 2. The van der Waals surface area contributed by atoms with Crippen LogP contribution in [0.3, 0.4) is 0 Å². The molecule has 1 aromatic heterocycles. The fourth-order valence-corrected chi connectivity index (χ4v) is 2.68. The summed E-state index contributed by atoms with van der Waals surface area (Å²) in [4.78, 5) is 37.8. The van der Waals surface area contributed by atoms with Crippen molar-refractivity contribution >= 4 is 28.4 Å². The zero-order chi connectivity index (χ0) is 19.4. The van der Waals surface area contributed by atoms with Crippen LogP contribution in [-0.2, 0) is 16.1 Å². The molecular weight excluding hydrogens is 344 g/mol. The van der Waals surface area contributed by atoms with Gasteiger partial charge in [-0.3, -0.25) is 19.1 Å². The lowest BCUT2D eigenvalue weighted by atomic mass is 10.2. The molecule has 0 saturated carbocycles. The quantitative estimate of drug-likeness (QED) is 0.748. The van der Waals surface area contributed by atoms with Gasteiger partial charge in [-0.05, 0) is 31.2 Å². The highest BCUT2D eigenvalue weighted by atomic mass is 16.2. The van der Waals surface area contributed by atoms with Crippen molar-refractivity contribution in [3.05, 3.63) is 70.5 Å². The summed E-state index contributed by atoms with van der Waals surface area (Å²) in [5.41, 5.74) is 2.16. The second-order valence-corrected chi connectivity index (χ2v) is 6.35. The molecule has 0 aliphatic rings. The van der Waals surface area contributed by atoms with E-state index in [-0.39, 0.29) is 30.3 Å². The number of likely N-dealkylation sites (N-methyl/N-ethyl adjacent to an activating group) is 1. The number of hydrogen-bond acceptors (Lipinski definition) is 4. The van der Waals surface area contributed by atoms with Crippen molar-refractivity contribution < 1.29 is 9.59 Å². The fourth-order valence-electron chi connectivity index (χ4n) is 2.68. The molecule has 0 atom stereocenters. The van der Waals surface area contributed by atoms with Gasteiger partial charge < -0.3 is 10.2 Å². The first-order valence-corrected chi connectivity index (χ1v) is 8.49. The van der Waals surface area contributed by atoms with Crippen molar-refractivity contribution in [3.8, 4) is 0 Å². The van der Waals surface area contributed by atoms with Gasteiger partial charge in [-0.25, -0.2) is 0 Å². The van der Waals surface area contributed by atoms with E-state index in [9.17, 15) is 14.4 Å². The molecule has 2 aromatic carbocycles. The predicted octanol–water partition coefficient (Wildman–Crippen LogP) is 1.80. The third-order valence-electron chi connectivity index (χ3n) is 4.19. The number of fused-ring (bicyclic) bond motifs is 1. The van der Waals surface area contributed by atoms with Crippen LogP contribution in [0.1, 0.15) is 5.56 Å². The average Bonchev–Trinajstić information content (AvgIpc) is 2.66. The molecule has 0 bridgehead atoms. The fraction of sp³-hybridized carbons (Fsp3) is 0.200. The Kier molecular flexibility index (Phi) is 5.30. The number of aromatic nitrogens is 2. The maximum Gasteiger partial charge on any atom is 0.244 e. The van der Waals surface area contributed by atoms with E-state index in [2.05, 4.69) is 10.4 Å². The monoisotopic (exact) mass is 364 g/mol. The first kappa shape index (κ1) is 18.3. The third-order valence-corrected chi connectivity index (χ3v) is 4.19. The van der Waals surface area contributed by atoms with Crippen LogP contribution in [0.25, 0.3) is 10.9 Å². The maximum atomic E-state index is 12.5. The topological polar surface area (TPSA) is 84.3 Å². The minimum absolute atomic E-state index is 0.0604. The minimum Gasteiger partial charge on any atom is -0.335 e. The number of anilines is 1. The van der Waals surface area contributed by atoms with E-state index in [0.29, 0.717) is 16.6 Å². The van der Waals surface area contributed by atoms with E-state index < -0.39 is 0 Å². The van der Waals surface area contributed by atoms with Gasteiger partial charge in [0.05, 0.1) is 18.3 Å². The second kappa shape index (κ2) is 7.82. The molecule has 3 aromatic rings. The number of amides is 2. The lowest BCUT2D eigenvalue weighted by Crippen LogP contribution is -2.37. The van der Waals surface area contributed by atoms with Gasteiger partial charge in [-0.2, -0.15) is 5.10 Å². The van der Waals surface area contributed by atoms with E-state index in [1.807, 2.05) is 31.2 Å². The third kappa shape index (κ3) is 4.38. The molecule has 0 aliphatic carbocycles. The van der Waals surface area contributed by atoms with Gasteiger partial charge in [0, 0.05) is 18.1 Å². The number of aryl methyl sites for hydroxylation is 1. The molecule has 7 nitrogen and oxygen atoms in total. The number of carbonyl (C=O) groups excluding carboxylic acids is 2. The minimum atomic E-state index is -0.285. The molecule has 0 spiro atoms. The van der Waals surface area contributed by atoms with Gasteiger partial charge >= 0.3 is 0 Å². The van der Waals surface area contributed by atoms with Crippen LogP contribution in [0.15, 0.2) is 59.5 Å². The first-order valence-electron chi connectivity index (χ1n) is 8.49. The highest BCUT2D eigenvalue weighted by molar-refractivity contribution is 5.94. The lowest BCUT2D eigenvalue weighted by Gasteiger charge is -2.18. The molecule has 0 fully saturated rings. The van der Waals surface area contributed by atoms with Gasteiger partial charge in [0.2, 0.25) is 17.2 Å². The summed E-state index contributed by atoms with van der Waals surface area (Å²) in [6, 6.07) is 14.4. The molecule has 3 rings (SSSR count). The van der Waals surface area contributed by atoms with E-state index >= 15 is 0 Å². The summed E-state index contributed by atoms with van der Waals surface area (Å²) in [5, 5.41) is 7.30. The summed E-state index contributed by atoms with van der Waals surface area (Å²) >= 11 is 0. The second-order valence-electron chi connectivity index (χ2n) is 6.35. The molecule has 0 radical (unpaired) electrons. The summed E-state index contributed by atoms with van der Waals surface area (Å²) in [6.07, 6.45) is 1.19. The van der Waals surface area contributed by atoms with E-state index in [1.54, 1.807) is 31.3 Å². The van der Waals surface area contributed by atoms with Gasteiger partial charge in [0.15, 0.2) is 0 Å². The van der Waals surface area contributed by atoms with Crippen molar-refractivity contribution in [2.24, 2.45) is 0 Å². The Labute approximate surface area is 156 Å². The van der Waals surface area contributed by atoms with Crippen LogP contribution in [-0.4, -0.2) is 40.1 Å². The lowest BCUT2D eigenvalue weighted by molar-refractivity contribution is -0.133. The number of nitrogens with zero attached hydrogens (tertiary/aromatic N) is 3. The van der Waals surface area contributed by atoms with E-state index in [4.69, 9.17) is 0 Å². The van der Waals surface area contributed by atoms with E-state index in [1.165, 1.54) is 15.8 Å². The summed E-state index contributed by atoms with van der Waals surface area (Å²) in [5.74, 6) is -0.567. The van der Waals surface area contributed by atoms with Crippen LogP contribution in [0.2, 0.25) is 0 Å². The predicted molar refractivity (Wildman–Crippen MR) is 103 cm³/mol.